The molecular formula is C10H22O3. The fraction of sp³-hybridized carbons (Fsp3) is 1.00. The molecule has 0 N–H and O–H groups in total. The van der Waals surface area contributed by atoms with Crippen LogP contribution in [0, 0.1) is 0 Å². The molecule has 0 fully saturated rings. The maximum absolute atomic E-state index is 4.76. The van der Waals surface area contributed by atoms with Crippen molar-refractivity contribution in [1.29, 1.82) is 0 Å². The number of rotatable bonds is 10. The Morgan fingerprint density at radius 1 is 0.769 bits per heavy atom. The van der Waals surface area contributed by atoms with E-state index in [2.05, 4.69) is 16.8 Å². The summed E-state index contributed by atoms with van der Waals surface area (Å²) < 4.78 is 0. The first-order chi connectivity index (χ1) is 6.41. The Morgan fingerprint density at radius 2 is 1.46 bits per heavy atom. The van der Waals surface area contributed by atoms with E-state index in [1.165, 1.54) is 32.1 Å². The molecule has 3 heteroatoms. The van der Waals surface area contributed by atoms with Crippen molar-refractivity contribution in [3.05, 3.63) is 0 Å². The predicted molar refractivity (Wildman–Crippen MR) is 52.0 cm³/mol. The van der Waals surface area contributed by atoms with Crippen LogP contribution in [-0.4, -0.2) is 13.2 Å². The Morgan fingerprint density at radius 3 is 2.15 bits per heavy atom. The summed E-state index contributed by atoms with van der Waals surface area (Å²) in [6, 6.07) is 0. The quantitative estimate of drug-likeness (QED) is 0.301. The molecule has 3 nitrogen and oxygen atoms in total. The van der Waals surface area contributed by atoms with Crippen molar-refractivity contribution in [2.75, 3.05) is 13.2 Å². The van der Waals surface area contributed by atoms with E-state index in [4.69, 9.17) is 4.89 Å². The monoisotopic (exact) mass is 190 g/mol. The van der Waals surface area contributed by atoms with Gasteiger partial charge in [-0.05, 0) is 13.3 Å². The average Bonchev–Trinajstić information content (AvgIpc) is 2.16. The van der Waals surface area contributed by atoms with E-state index in [1.54, 1.807) is 0 Å². The van der Waals surface area contributed by atoms with Crippen molar-refractivity contribution in [3.63, 3.8) is 0 Å². The van der Waals surface area contributed by atoms with Gasteiger partial charge in [0.2, 0.25) is 0 Å². The van der Waals surface area contributed by atoms with Gasteiger partial charge in [0.15, 0.2) is 0 Å². The molecular weight excluding hydrogens is 168 g/mol. The van der Waals surface area contributed by atoms with Crippen LogP contribution in [0.3, 0.4) is 0 Å². The van der Waals surface area contributed by atoms with Crippen LogP contribution in [0.25, 0.3) is 0 Å². The molecule has 0 aromatic rings. The Balaban J connectivity index is 2.76. The predicted octanol–water partition coefficient (Wildman–Crippen LogP) is 3.25. The molecule has 0 heterocycles. The van der Waals surface area contributed by atoms with Gasteiger partial charge >= 0.3 is 0 Å². The van der Waals surface area contributed by atoms with E-state index in [0.717, 1.165) is 6.42 Å². The van der Waals surface area contributed by atoms with Crippen LogP contribution in [0.5, 0.6) is 0 Å². The third-order valence-corrected chi connectivity index (χ3v) is 1.80. The van der Waals surface area contributed by atoms with Gasteiger partial charge in [-0.1, -0.05) is 44.1 Å². The molecule has 0 saturated carbocycles. The molecule has 0 aromatic carbocycles. The lowest BCUT2D eigenvalue weighted by atomic mass is 10.1. The second-order valence-electron chi connectivity index (χ2n) is 3.06. The number of unbranched alkanes of at least 4 members (excludes halogenated alkanes) is 5. The summed E-state index contributed by atoms with van der Waals surface area (Å²) in [5.41, 5.74) is 0. The molecule has 0 unspecified atom stereocenters. The van der Waals surface area contributed by atoms with E-state index in [9.17, 15) is 0 Å². The van der Waals surface area contributed by atoms with Crippen LogP contribution >= 0.6 is 0 Å². The molecule has 0 aromatic heterocycles. The molecule has 13 heavy (non-hydrogen) atoms. The smallest absolute Gasteiger partial charge is 0.0853 e. The maximum Gasteiger partial charge on any atom is 0.0853 e. The molecule has 0 rings (SSSR count). The molecule has 80 valence electrons. The Bertz CT molecular complexity index is 76.2. The lowest BCUT2D eigenvalue weighted by molar-refractivity contribution is -0.511. The largest absolute Gasteiger partial charge is 0.206 e. The topological polar surface area (TPSA) is 27.7 Å². The highest BCUT2D eigenvalue weighted by Crippen LogP contribution is 2.04. The highest BCUT2D eigenvalue weighted by atomic mass is 17.5. The Kier molecular flexibility index (Phi) is 11.8. The standard InChI is InChI=1S/C10H22O3/c1-3-5-6-7-8-9-10-12-13-11-4-2/h3-10H2,1-2H3. The van der Waals surface area contributed by atoms with Gasteiger partial charge in [-0.15, -0.1) is 0 Å². The Labute approximate surface area is 81.2 Å². The molecule has 0 amide bonds. The normalized spacial score (nSPS) is 10.6. The molecule has 0 bridgehead atoms. The highest BCUT2D eigenvalue weighted by molar-refractivity contribution is 4.41. The van der Waals surface area contributed by atoms with Gasteiger partial charge < -0.3 is 0 Å². The summed E-state index contributed by atoms with van der Waals surface area (Å²) in [5.74, 6) is 0. The van der Waals surface area contributed by atoms with Crippen LogP contribution in [0.1, 0.15) is 52.4 Å². The van der Waals surface area contributed by atoms with Gasteiger partial charge in [-0.25, -0.2) is 9.78 Å². The zero-order valence-corrected chi connectivity index (χ0v) is 8.88. The van der Waals surface area contributed by atoms with Crippen LogP contribution in [0.4, 0.5) is 0 Å². The van der Waals surface area contributed by atoms with Crippen LogP contribution in [0.15, 0.2) is 0 Å². The molecule has 0 aliphatic carbocycles. The summed E-state index contributed by atoms with van der Waals surface area (Å²) in [5, 5.41) is 4.41. The van der Waals surface area contributed by atoms with Gasteiger partial charge in [0.05, 0.1) is 13.2 Å². The fourth-order valence-corrected chi connectivity index (χ4v) is 1.06. The van der Waals surface area contributed by atoms with Gasteiger partial charge in [-0.3, -0.25) is 0 Å². The minimum absolute atomic E-state index is 0.524. The lowest BCUT2D eigenvalue weighted by Gasteiger charge is -2.01. The summed E-state index contributed by atoms with van der Waals surface area (Å²) in [4.78, 5) is 9.31. The minimum Gasteiger partial charge on any atom is -0.206 e. The van der Waals surface area contributed by atoms with Gasteiger partial charge in [0.25, 0.3) is 0 Å². The van der Waals surface area contributed by atoms with E-state index in [0.29, 0.717) is 13.2 Å². The highest BCUT2D eigenvalue weighted by Gasteiger charge is 1.91. The fourth-order valence-electron chi connectivity index (χ4n) is 1.06. The van der Waals surface area contributed by atoms with Crippen LogP contribution in [0.2, 0.25) is 0 Å². The van der Waals surface area contributed by atoms with Gasteiger partial charge in [-0.2, -0.15) is 0 Å². The van der Waals surface area contributed by atoms with Crippen LogP contribution in [-0.2, 0) is 14.8 Å². The number of hydrogen-bond donors (Lipinski definition) is 0. The molecule has 0 saturated heterocycles. The maximum atomic E-state index is 4.76. The molecule has 0 radical (unpaired) electrons. The zero-order valence-electron chi connectivity index (χ0n) is 8.88. The Hall–Kier alpha value is -0.120. The van der Waals surface area contributed by atoms with Crippen molar-refractivity contribution >= 4 is 0 Å². The lowest BCUT2D eigenvalue weighted by Crippen LogP contribution is -1.98. The van der Waals surface area contributed by atoms with Gasteiger partial charge in [0, 0.05) is 0 Å². The van der Waals surface area contributed by atoms with Crippen molar-refractivity contribution in [2.24, 2.45) is 0 Å². The van der Waals surface area contributed by atoms with E-state index >= 15 is 0 Å². The second kappa shape index (κ2) is 11.9. The molecule has 0 aliphatic heterocycles. The first-order valence-corrected chi connectivity index (χ1v) is 5.32. The zero-order chi connectivity index (χ0) is 9.78. The summed E-state index contributed by atoms with van der Waals surface area (Å²) in [7, 11) is 0. The van der Waals surface area contributed by atoms with Crippen molar-refractivity contribution < 1.29 is 14.8 Å². The third kappa shape index (κ3) is 11.9. The summed E-state index contributed by atoms with van der Waals surface area (Å²) >= 11 is 0. The van der Waals surface area contributed by atoms with E-state index in [1.807, 2.05) is 6.92 Å². The summed E-state index contributed by atoms with van der Waals surface area (Å²) in [6.07, 6.45) is 7.54. The molecule has 0 aliphatic rings. The first kappa shape index (κ1) is 12.9. The van der Waals surface area contributed by atoms with Gasteiger partial charge in [0.1, 0.15) is 0 Å². The molecule has 0 atom stereocenters. The summed E-state index contributed by atoms with van der Waals surface area (Å²) in [6.45, 7) is 5.23. The third-order valence-electron chi connectivity index (χ3n) is 1.80. The minimum atomic E-state index is 0.524. The average molecular weight is 190 g/mol. The first-order valence-electron chi connectivity index (χ1n) is 5.32. The second-order valence-corrected chi connectivity index (χ2v) is 3.06. The van der Waals surface area contributed by atoms with Crippen molar-refractivity contribution in [2.45, 2.75) is 52.4 Å². The SMILES string of the molecule is CCCCCCCCOOOCC. The molecule has 0 spiro atoms. The number of hydrogen-bond acceptors (Lipinski definition) is 3. The van der Waals surface area contributed by atoms with E-state index in [-0.39, 0.29) is 0 Å². The van der Waals surface area contributed by atoms with Crippen molar-refractivity contribution in [1.82, 2.24) is 0 Å². The van der Waals surface area contributed by atoms with E-state index < -0.39 is 0 Å². The van der Waals surface area contributed by atoms with Crippen LogP contribution < -0.4 is 0 Å². The van der Waals surface area contributed by atoms with Crippen molar-refractivity contribution in [3.8, 4) is 0 Å².